The number of aromatic nitrogens is 3. The molecule has 166 valence electrons. The molecule has 1 saturated carbocycles. The van der Waals surface area contributed by atoms with Crippen LogP contribution in [0.4, 0.5) is 0 Å². The number of rotatable bonds is 8. The summed E-state index contributed by atoms with van der Waals surface area (Å²) in [5, 5.41) is 14.1. The lowest BCUT2D eigenvalue weighted by atomic mass is 10.1. The summed E-state index contributed by atoms with van der Waals surface area (Å²) in [6, 6.07) is 13.2. The Kier molecular flexibility index (Phi) is 6.20. The number of hydrogen-bond acceptors (Lipinski definition) is 5. The average molecular weight is 434 g/mol. The van der Waals surface area contributed by atoms with Crippen molar-refractivity contribution in [1.82, 2.24) is 25.6 Å². The van der Waals surface area contributed by atoms with Crippen LogP contribution in [-0.2, 0) is 6.61 Å². The minimum Gasteiger partial charge on any atom is -0.487 e. The van der Waals surface area contributed by atoms with Gasteiger partial charge < -0.3 is 15.4 Å². The van der Waals surface area contributed by atoms with Gasteiger partial charge in [0.2, 0.25) is 0 Å². The lowest BCUT2D eigenvalue weighted by Crippen LogP contribution is -2.27. The van der Waals surface area contributed by atoms with Crippen LogP contribution in [-0.4, -0.2) is 39.4 Å². The fraction of sp³-hybridized carbons (Fsp3) is 0.333. The van der Waals surface area contributed by atoms with E-state index in [1.807, 2.05) is 32.9 Å². The molecule has 2 N–H and O–H groups in total. The zero-order valence-electron chi connectivity index (χ0n) is 18.5. The molecule has 0 bridgehead atoms. The number of ether oxygens (including phenoxy) is 1. The third kappa shape index (κ3) is 4.96. The first kappa shape index (κ1) is 21.5. The molecule has 1 aliphatic carbocycles. The van der Waals surface area contributed by atoms with Crippen molar-refractivity contribution in [2.45, 2.75) is 46.3 Å². The lowest BCUT2D eigenvalue weighted by Gasteiger charge is -2.12. The molecule has 8 nitrogen and oxygen atoms in total. The molecule has 4 rings (SSSR count). The van der Waals surface area contributed by atoms with E-state index in [1.54, 1.807) is 28.9 Å². The van der Waals surface area contributed by atoms with Crippen molar-refractivity contribution < 1.29 is 14.3 Å². The van der Waals surface area contributed by atoms with E-state index in [2.05, 4.69) is 27.0 Å². The van der Waals surface area contributed by atoms with Crippen molar-refractivity contribution in [3.63, 3.8) is 0 Å². The first-order chi connectivity index (χ1) is 15.4. The lowest BCUT2D eigenvalue weighted by molar-refractivity contribution is 0.0939. The molecule has 2 aromatic carbocycles. The summed E-state index contributed by atoms with van der Waals surface area (Å²) < 4.78 is 7.62. The molecule has 0 radical (unpaired) electrons. The topological polar surface area (TPSA) is 98.1 Å². The van der Waals surface area contributed by atoms with E-state index in [4.69, 9.17) is 4.74 Å². The van der Waals surface area contributed by atoms with Crippen LogP contribution in [0.25, 0.3) is 5.69 Å². The quantitative estimate of drug-likeness (QED) is 0.569. The van der Waals surface area contributed by atoms with Gasteiger partial charge >= 0.3 is 0 Å². The summed E-state index contributed by atoms with van der Waals surface area (Å²) >= 11 is 0. The molecule has 0 spiro atoms. The largest absolute Gasteiger partial charge is 0.487 e. The fourth-order valence-corrected chi connectivity index (χ4v) is 3.48. The van der Waals surface area contributed by atoms with Crippen molar-refractivity contribution in [2.75, 3.05) is 6.54 Å². The maximum Gasteiger partial charge on any atom is 0.274 e. The Morgan fingerprint density at radius 1 is 1.06 bits per heavy atom. The highest BCUT2D eigenvalue weighted by Crippen LogP contribution is 2.22. The zero-order chi connectivity index (χ0) is 22.7. The summed E-state index contributed by atoms with van der Waals surface area (Å²) in [5.41, 5.74) is 4.23. The fourth-order valence-electron chi connectivity index (χ4n) is 3.48. The number of nitrogens with one attached hydrogen (secondary N) is 2. The van der Waals surface area contributed by atoms with Crippen LogP contribution >= 0.6 is 0 Å². The predicted molar refractivity (Wildman–Crippen MR) is 120 cm³/mol. The van der Waals surface area contributed by atoms with E-state index in [1.165, 1.54) is 0 Å². The summed E-state index contributed by atoms with van der Waals surface area (Å²) in [7, 11) is 0. The van der Waals surface area contributed by atoms with Crippen LogP contribution in [0.3, 0.4) is 0 Å². The number of hydrogen-bond donors (Lipinski definition) is 2. The number of amides is 2. The standard InChI is InChI=1S/C24H27N5O3/c1-4-25-23(30)17-5-9-19(10-6-17)29-21(14-32-20-12-15(2)11-16(3)13-20)22(27-28-29)24(31)26-18-7-8-18/h5-6,9-13,18H,4,7-8,14H2,1-3H3,(H,25,30)(H,26,31). The van der Waals surface area contributed by atoms with Gasteiger partial charge in [0.25, 0.3) is 11.8 Å². The van der Waals surface area contributed by atoms with Gasteiger partial charge in [-0.05, 0) is 81.1 Å². The molecule has 1 aliphatic rings. The molecular formula is C24H27N5O3. The van der Waals surface area contributed by atoms with Crippen LogP contribution in [0.15, 0.2) is 42.5 Å². The maximum absolute atomic E-state index is 12.8. The van der Waals surface area contributed by atoms with Crippen molar-refractivity contribution in [3.05, 3.63) is 70.5 Å². The second-order valence-corrected chi connectivity index (χ2v) is 8.06. The second kappa shape index (κ2) is 9.21. The molecule has 1 fully saturated rings. The SMILES string of the molecule is CCNC(=O)c1ccc(-n2nnc(C(=O)NC3CC3)c2COc2cc(C)cc(C)c2)cc1. The molecule has 3 aromatic rings. The van der Waals surface area contributed by atoms with Crippen molar-refractivity contribution >= 4 is 11.8 Å². The molecular weight excluding hydrogens is 406 g/mol. The van der Waals surface area contributed by atoms with E-state index in [0.717, 1.165) is 29.7 Å². The maximum atomic E-state index is 12.8. The van der Waals surface area contributed by atoms with Crippen molar-refractivity contribution in [3.8, 4) is 11.4 Å². The molecule has 1 heterocycles. The van der Waals surface area contributed by atoms with Crippen LogP contribution in [0, 0.1) is 13.8 Å². The Labute approximate surface area is 187 Å². The third-order valence-corrected chi connectivity index (χ3v) is 5.17. The monoisotopic (exact) mass is 433 g/mol. The Bertz CT molecular complexity index is 1110. The Morgan fingerprint density at radius 3 is 2.38 bits per heavy atom. The highest BCUT2D eigenvalue weighted by Gasteiger charge is 2.28. The van der Waals surface area contributed by atoms with Gasteiger partial charge in [0.05, 0.1) is 5.69 Å². The van der Waals surface area contributed by atoms with Crippen LogP contribution < -0.4 is 15.4 Å². The second-order valence-electron chi connectivity index (χ2n) is 8.06. The highest BCUT2D eigenvalue weighted by atomic mass is 16.5. The number of carbonyl (C=O) groups excluding carboxylic acids is 2. The minimum absolute atomic E-state index is 0.126. The van der Waals surface area contributed by atoms with Crippen LogP contribution in [0.1, 0.15) is 57.4 Å². The summed E-state index contributed by atoms with van der Waals surface area (Å²) in [6.45, 7) is 6.58. The predicted octanol–water partition coefficient (Wildman–Crippen LogP) is 3.11. The first-order valence-electron chi connectivity index (χ1n) is 10.8. The molecule has 32 heavy (non-hydrogen) atoms. The molecule has 0 aliphatic heterocycles. The van der Waals surface area contributed by atoms with Gasteiger partial charge in [0, 0.05) is 18.2 Å². The van der Waals surface area contributed by atoms with Crippen molar-refractivity contribution in [2.24, 2.45) is 0 Å². The normalized spacial score (nSPS) is 13.0. The van der Waals surface area contributed by atoms with Crippen LogP contribution in [0.2, 0.25) is 0 Å². The Hall–Kier alpha value is -3.68. The minimum atomic E-state index is -0.253. The summed E-state index contributed by atoms with van der Waals surface area (Å²) in [6.07, 6.45) is 1.96. The number of aryl methyl sites for hydroxylation is 2. The summed E-state index contributed by atoms with van der Waals surface area (Å²) in [5.74, 6) is 0.326. The first-order valence-corrected chi connectivity index (χ1v) is 10.8. The molecule has 0 saturated heterocycles. The molecule has 1 aromatic heterocycles. The van der Waals surface area contributed by atoms with Gasteiger partial charge in [-0.3, -0.25) is 9.59 Å². The van der Waals surface area contributed by atoms with Gasteiger partial charge in [-0.1, -0.05) is 11.3 Å². The van der Waals surface area contributed by atoms with Gasteiger partial charge in [0.1, 0.15) is 18.1 Å². The van der Waals surface area contributed by atoms with Gasteiger partial charge in [-0.25, -0.2) is 4.68 Å². The van der Waals surface area contributed by atoms with Gasteiger partial charge in [-0.15, -0.1) is 5.10 Å². The third-order valence-electron chi connectivity index (χ3n) is 5.17. The molecule has 2 amide bonds. The smallest absolute Gasteiger partial charge is 0.274 e. The van der Waals surface area contributed by atoms with Gasteiger partial charge in [0.15, 0.2) is 5.69 Å². The number of benzene rings is 2. The number of nitrogens with zero attached hydrogens (tertiary/aromatic N) is 3. The van der Waals surface area contributed by atoms with E-state index in [-0.39, 0.29) is 30.2 Å². The van der Waals surface area contributed by atoms with E-state index in [9.17, 15) is 9.59 Å². The Morgan fingerprint density at radius 2 is 1.75 bits per heavy atom. The molecule has 0 unspecified atom stereocenters. The molecule has 8 heteroatoms. The molecule has 0 atom stereocenters. The number of carbonyl (C=O) groups is 2. The van der Waals surface area contributed by atoms with Crippen molar-refractivity contribution in [1.29, 1.82) is 0 Å². The van der Waals surface area contributed by atoms with E-state index >= 15 is 0 Å². The highest BCUT2D eigenvalue weighted by molar-refractivity contribution is 5.94. The van der Waals surface area contributed by atoms with E-state index < -0.39 is 0 Å². The van der Waals surface area contributed by atoms with E-state index in [0.29, 0.717) is 23.5 Å². The summed E-state index contributed by atoms with van der Waals surface area (Å²) in [4.78, 5) is 24.8. The Balaban J connectivity index is 1.63. The van der Waals surface area contributed by atoms with Crippen LogP contribution in [0.5, 0.6) is 5.75 Å². The van der Waals surface area contributed by atoms with Gasteiger partial charge in [-0.2, -0.15) is 0 Å². The average Bonchev–Trinajstić information content (AvgIpc) is 3.47. The zero-order valence-corrected chi connectivity index (χ0v) is 18.5.